The van der Waals surface area contributed by atoms with E-state index in [9.17, 15) is 10.1 Å². The summed E-state index contributed by atoms with van der Waals surface area (Å²) in [6.45, 7) is 2.87. The van der Waals surface area contributed by atoms with Gasteiger partial charge in [-0.1, -0.05) is 54.9 Å². The zero-order valence-electron chi connectivity index (χ0n) is 18.6. The fraction of sp³-hybridized carbons (Fsp3) is 0.148. The van der Waals surface area contributed by atoms with Crippen molar-refractivity contribution in [3.63, 3.8) is 0 Å². The van der Waals surface area contributed by atoms with E-state index in [0.29, 0.717) is 33.0 Å². The highest BCUT2D eigenvalue weighted by molar-refractivity contribution is 8.18. The number of carbonyl (C=O) groups excluding carboxylic acids is 1. The number of nitriles is 1. The summed E-state index contributed by atoms with van der Waals surface area (Å²) in [6.07, 6.45) is 2.66. The average molecular weight is 488 g/mol. The number of carbonyl (C=O) groups is 1. The van der Waals surface area contributed by atoms with Gasteiger partial charge >= 0.3 is 0 Å². The van der Waals surface area contributed by atoms with E-state index in [-0.39, 0.29) is 12.5 Å². The molecule has 4 rings (SSSR count). The largest absolute Gasteiger partial charge is 0.488 e. The fourth-order valence-electron chi connectivity index (χ4n) is 3.42. The molecule has 170 valence electrons. The molecule has 1 heterocycles. The zero-order valence-corrected chi connectivity index (χ0v) is 20.1. The van der Waals surface area contributed by atoms with Gasteiger partial charge in [-0.25, -0.2) is 4.99 Å². The Kier molecular flexibility index (Phi) is 7.69. The second-order valence-corrected chi connectivity index (χ2v) is 8.98. The quantitative estimate of drug-likeness (QED) is 0.343. The molecule has 1 saturated heterocycles. The van der Waals surface area contributed by atoms with E-state index in [0.717, 1.165) is 23.2 Å². The number of para-hydroxylation sites is 1. The Hall–Kier alpha value is -3.53. The number of hydrogen-bond acceptors (Lipinski definition) is 5. The first-order chi connectivity index (χ1) is 16.6. The first kappa shape index (κ1) is 23.6. The Morgan fingerprint density at radius 3 is 2.59 bits per heavy atom. The summed E-state index contributed by atoms with van der Waals surface area (Å²) in [6, 6.07) is 24.3. The predicted octanol–water partition coefficient (Wildman–Crippen LogP) is 6.80. The van der Waals surface area contributed by atoms with Gasteiger partial charge in [0.1, 0.15) is 12.4 Å². The highest BCUT2D eigenvalue weighted by Crippen LogP contribution is 2.36. The maximum absolute atomic E-state index is 13.2. The molecular weight excluding hydrogens is 466 g/mol. The lowest BCUT2D eigenvalue weighted by molar-refractivity contribution is -0.122. The lowest BCUT2D eigenvalue weighted by Crippen LogP contribution is -2.29. The number of nitrogens with zero attached hydrogens (tertiary/aromatic N) is 3. The van der Waals surface area contributed by atoms with Crippen LogP contribution in [0.15, 0.2) is 82.7 Å². The standard InChI is InChI=1S/C27H22ClN3O2S/c1-2-15-31-26(32)25(34-27(31)30-23-13-11-22(28)12-14-23)16-19-7-5-6-10-24(19)33-18-21-9-4-3-8-20(21)17-29/h3-14,16H,2,15,18H2,1H3/b25-16-,30-27?. The van der Waals surface area contributed by atoms with Crippen molar-refractivity contribution in [3.05, 3.63) is 99.4 Å². The van der Waals surface area contributed by atoms with Crippen LogP contribution in [-0.2, 0) is 11.4 Å². The van der Waals surface area contributed by atoms with Crippen LogP contribution in [0, 0.1) is 11.3 Å². The van der Waals surface area contributed by atoms with E-state index in [1.807, 2.05) is 67.6 Å². The van der Waals surface area contributed by atoms with Gasteiger partial charge < -0.3 is 4.74 Å². The molecule has 3 aromatic carbocycles. The molecular formula is C27H22ClN3O2S. The van der Waals surface area contributed by atoms with Crippen molar-refractivity contribution in [1.29, 1.82) is 5.26 Å². The first-order valence-electron chi connectivity index (χ1n) is 10.8. The molecule has 1 aliphatic rings. The molecule has 0 atom stereocenters. The molecule has 0 aliphatic carbocycles. The number of rotatable bonds is 7. The maximum Gasteiger partial charge on any atom is 0.266 e. The van der Waals surface area contributed by atoms with Gasteiger partial charge in [-0.05, 0) is 60.7 Å². The minimum atomic E-state index is -0.0795. The number of halogens is 1. The third-order valence-electron chi connectivity index (χ3n) is 5.11. The number of amidine groups is 1. The van der Waals surface area contributed by atoms with Crippen molar-refractivity contribution in [2.75, 3.05) is 6.54 Å². The van der Waals surface area contributed by atoms with Crippen LogP contribution in [0.1, 0.15) is 30.0 Å². The second kappa shape index (κ2) is 11.1. The molecule has 0 unspecified atom stereocenters. The Morgan fingerprint density at radius 2 is 1.82 bits per heavy atom. The van der Waals surface area contributed by atoms with Crippen LogP contribution in [0.5, 0.6) is 5.75 Å². The summed E-state index contributed by atoms with van der Waals surface area (Å²) in [5.41, 5.74) is 2.92. The van der Waals surface area contributed by atoms with Gasteiger partial charge in [0.25, 0.3) is 5.91 Å². The van der Waals surface area contributed by atoms with E-state index in [4.69, 9.17) is 16.3 Å². The minimum Gasteiger partial charge on any atom is -0.488 e. The third kappa shape index (κ3) is 5.51. The molecule has 0 bridgehead atoms. The Bertz CT molecular complexity index is 1300. The third-order valence-corrected chi connectivity index (χ3v) is 6.37. The van der Waals surface area contributed by atoms with E-state index >= 15 is 0 Å². The number of benzene rings is 3. The van der Waals surface area contributed by atoms with Crippen molar-refractivity contribution in [3.8, 4) is 11.8 Å². The monoisotopic (exact) mass is 487 g/mol. The predicted molar refractivity (Wildman–Crippen MR) is 138 cm³/mol. The summed E-state index contributed by atoms with van der Waals surface area (Å²) in [7, 11) is 0. The van der Waals surface area contributed by atoms with Gasteiger partial charge in [0.2, 0.25) is 0 Å². The molecule has 0 spiro atoms. The van der Waals surface area contributed by atoms with Crippen molar-refractivity contribution >= 4 is 46.2 Å². The van der Waals surface area contributed by atoms with Gasteiger partial charge in [-0.3, -0.25) is 9.69 Å². The molecule has 0 saturated carbocycles. The van der Waals surface area contributed by atoms with Gasteiger partial charge in [0.15, 0.2) is 5.17 Å². The van der Waals surface area contributed by atoms with E-state index in [1.54, 1.807) is 23.1 Å². The van der Waals surface area contributed by atoms with Crippen LogP contribution in [0.4, 0.5) is 5.69 Å². The Labute approximate surface area is 208 Å². The van der Waals surface area contributed by atoms with Crippen LogP contribution in [-0.4, -0.2) is 22.5 Å². The van der Waals surface area contributed by atoms with Gasteiger partial charge in [0, 0.05) is 22.7 Å². The zero-order chi connectivity index (χ0) is 23.9. The van der Waals surface area contributed by atoms with Crippen molar-refractivity contribution in [2.45, 2.75) is 20.0 Å². The second-order valence-electron chi connectivity index (χ2n) is 7.53. The van der Waals surface area contributed by atoms with Gasteiger partial charge in [-0.2, -0.15) is 5.26 Å². The molecule has 7 heteroatoms. The van der Waals surface area contributed by atoms with Gasteiger partial charge in [-0.15, -0.1) is 0 Å². The highest BCUT2D eigenvalue weighted by atomic mass is 35.5. The Morgan fingerprint density at radius 1 is 1.09 bits per heavy atom. The summed E-state index contributed by atoms with van der Waals surface area (Å²) < 4.78 is 6.05. The van der Waals surface area contributed by atoms with Crippen molar-refractivity contribution in [2.24, 2.45) is 4.99 Å². The molecule has 0 aromatic heterocycles. The number of ether oxygens (including phenoxy) is 1. The number of aliphatic imine (C=N–C) groups is 1. The molecule has 0 radical (unpaired) electrons. The molecule has 5 nitrogen and oxygen atoms in total. The number of amides is 1. The topological polar surface area (TPSA) is 65.7 Å². The minimum absolute atomic E-state index is 0.0795. The first-order valence-corrected chi connectivity index (χ1v) is 12.0. The summed E-state index contributed by atoms with van der Waals surface area (Å²) in [4.78, 5) is 20.2. The normalized spacial score (nSPS) is 15.7. The smallest absolute Gasteiger partial charge is 0.266 e. The molecule has 1 amide bonds. The van der Waals surface area contributed by atoms with Crippen molar-refractivity contribution in [1.82, 2.24) is 4.90 Å². The SMILES string of the molecule is CCCN1C(=O)/C(=C/c2ccccc2OCc2ccccc2C#N)SC1=Nc1ccc(Cl)cc1. The van der Waals surface area contributed by atoms with Gasteiger partial charge in [0.05, 0.1) is 22.2 Å². The average Bonchev–Trinajstić information content (AvgIpc) is 3.14. The Balaban J connectivity index is 1.60. The lowest BCUT2D eigenvalue weighted by Gasteiger charge is -2.14. The molecule has 34 heavy (non-hydrogen) atoms. The van der Waals surface area contributed by atoms with Crippen molar-refractivity contribution < 1.29 is 9.53 Å². The summed E-state index contributed by atoms with van der Waals surface area (Å²) in [5.74, 6) is 0.561. The molecule has 0 N–H and O–H groups in total. The van der Waals surface area contributed by atoms with Crippen LogP contribution in [0.3, 0.4) is 0 Å². The molecule has 1 aliphatic heterocycles. The van der Waals surface area contributed by atoms with E-state index < -0.39 is 0 Å². The lowest BCUT2D eigenvalue weighted by atomic mass is 10.1. The maximum atomic E-state index is 13.2. The van der Waals surface area contributed by atoms with E-state index in [1.165, 1.54) is 11.8 Å². The van der Waals surface area contributed by atoms with Crippen LogP contribution >= 0.6 is 23.4 Å². The highest BCUT2D eigenvalue weighted by Gasteiger charge is 2.33. The summed E-state index contributed by atoms with van der Waals surface area (Å²) in [5, 5.41) is 10.6. The van der Waals surface area contributed by atoms with E-state index in [2.05, 4.69) is 11.1 Å². The van der Waals surface area contributed by atoms with Crippen LogP contribution in [0.25, 0.3) is 6.08 Å². The van der Waals surface area contributed by atoms with Crippen LogP contribution < -0.4 is 4.74 Å². The summed E-state index contributed by atoms with van der Waals surface area (Å²) >= 11 is 7.33. The molecule has 3 aromatic rings. The number of hydrogen-bond donors (Lipinski definition) is 0. The number of thioether (sulfide) groups is 1. The van der Waals surface area contributed by atoms with Crippen LogP contribution in [0.2, 0.25) is 5.02 Å². The fourth-order valence-corrected chi connectivity index (χ4v) is 4.56. The molecule has 1 fully saturated rings.